The Morgan fingerprint density at radius 1 is 1.00 bits per heavy atom. The van der Waals surface area contributed by atoms with E-state index in [4.69, 9.17) is 0 Å². The molecule has 0 saturated heterocycles. The van der Waals surface area contributed by atoms with Gasteiger partial charge in [0, 0.05) is 5.39 Å². The number of carbonyl (C=O) groups excluding carboxylic acids is 1. The first kappa shape index (κ1) is 21.4. The minimum Gasteiger partial charge on any atom is -0.423 e. The fraction of sp³-hybridized carbons (Fsp3) is 0.333. The van der Waals surface area contributed by atoms with Gasteiger partial charge in [-0.2, -0.15) is 9.19 Å². The number of urea groups is 1. The topological polar surface area (TPSA) is 95.2 Å². The Balaban J connectivity index is 0.00000218. The van der Waals surface area contributed by atoms with E-state index >= 15 is 0 Å². The van der Waals surface area contributed by atoms with Crippen molar-refractivity contribution in [3.8, 4) is 0 Å². The Labute approximate surface area is 197 Å². The molecular formula is C21H21N4NaO3S. The van der Waals surface area contributed by atoms with Gasteiger partial charge >= 0.3 is 29.6 Å². The normalized spacial score (nSPS) is 15.2. The zero-order chi connectivity index (χ0) is 20.0. The number of hydrogen-bond donors (Lipinski definition) is 1. The van der Waals surface area contributed by atoms with Gasteiger partial charge in [-0.3, -0.25) is 4.79 Å². The molecule has 9 heteroatoms. The number of nitrogens with zero attached hydrogens (tertiary/aromatic N) is 3. The molecule has 2 amide bonds. The van der Waals surface area contributed by atoms with Crippen molar-refractivity contribution >= 4 is 32.8 Å². The first-order valence-corrected chi connectivity index (χ1v) is 11.3. The fourth-order valence-electron chi connectivity index (χ4n) is 4.53. The number of aromatic nitrogens is 2. The van der Waals surface area contributed by atoms with Crippen LogP contribution in [0.2, 0.25) is 0 Å². The third kappa shape index (κ3) is 3.77. The number of carbonyl (C=O) groups is 1. The van der Waals surface area contributed by atoms with Crippen molar-refractivity contribution in [3.63, 3.8) is 0 Å². The van der Waals surface area contributed by atoms with Crippen LogP contribution in [0.25, 0.3) is 15.6 Å². The minimum absolute atomic E-state index is 0. The molecule has 0 bridgehead atoms. The molecule has 0 radical (unpaired) electrons. The maximum Gasteiger partial charge on any atom is 1.00 e. The van der Waals surface area contributed by atoms with E-state index in [1.54, 1.807) is 24.3 Å². The first-order chi connectivity index (χ1) is 14.0. The summed E-state index contributed by atoms with van der Waals surface area (Å²) in [5.74, 6) is 0. The van der Waals surface area contributed by atoms with Crippen LogP contribution in [0.1, 0.15) is 41.5 Å². The smallest absolute Gasteiger partial charge is 0.423 e. The standard InChI is InChI=1S/C21H22N4O3S.Na/c26-21(24-29(27,28)25-19-11-4-2-7-16(19)13-22-25)23-20-17-9-3-1-6-14(17)12-15-8-5-10-18(15)20;/h2,4,7,11-13H,1,3,5-6,8-10H2,(H2,23,24,26);/q;+1/p-1. The van der Waals surface area contributed by atoms with E-state index in [-0.39, 0.29) is 29.6 Å². The summed E-state index contributed by atoms with van der Waals surface area (Å²) < 4.78 is 29.7. The van der Waals surface area contributed by atoms with Gasteiger partial charge in [-0.05, 0) is 79.0 Å². The van der Waals surface area contributed by atoms with Gasteiger partial charge < -0.3 is 10.0 Å². The number of fused-ring (bicyclic) bond motifs is 3. The van der Waals surface area contributed by atoms with Crippen molar-refractivity contribution in [1.29, 1.82) is 0 Å². The van der Waals surface area contributed by atoms with Crippen molar-refractivity contribution in [2.45, 2.75) is 44.9 Å². The van der Waals surface area contributed by atoms with E-state index < -0.39 is 16.2 Å². The molecule has 30 heavy (non-hydrogen) atoms. The molecule has 2 aliphatic rings. The van der Waals surface area contributed by atoms with Crippen molar-refractivity contribution in [1.82, 2.24) is 9.19 Å². The summed E-state index contributed by atoms with van der Waals surface area (Å²) in [7, 11) is -4.28. The van der Waals surface area contributed by atoms with Crippen LogP contribution in [0, 0.1) is 0 Å². The maximum absolute atomic E-state index is 12.7. The quantitative estimate of drug-likeness (QED) is 0.627. The van der Waals surface area contributed by atoms with Gasteiger partial charge in [0.2, 0.25) is 0 Å². The second-order valence-corrected chi connectivity index (χ2v) is 9.06. The number of amides is 2. The van der Waals surface area contributed by atoms with Gasteiger partial charge in [0.15, 0.2) is 6.03 Å². The van der Waals surface area contributed by atoms with Crippen LogP contribution in [0.15, 0.2) is 36.5 Å². The Hall–Kier alpha value is -1.87. The van der Waals surface area contributed by atoms with Crippen LogP contribution in [0.4, 0.5) is 10.5 Å². The summed E-state index contributed by atoms with van der Waals surface area (Å²) in [6, 6.07) is 8.30. The van der Waals surface area contributed by atoms with Gasteiger partial charge in [0.25, 0.3) is 10.2 Å². The number of nitrogens with one attached hydrogen (secondary N) is 1. The molecule has 1 heterocycles. The number of benzene rings is 2. The molecular weight excluding hydrogens is 411 g/mol. The van der Waals surface area contributed by atoms with E-state index in [1.807, 2.05) is 0 Å². The van der Waals surface area contributed by atoms with Crippen molar-refractivity contribution in [2.75, 3.05) is 5.32 Å². The molecule has 0 unspecified atom stereocenters. The van der Waals surface area contributed by atoms with Crippen LogP contribution >= 0.6 is 0 Å². The molecule has 2 aliphatic carbocycles. The zero-order valence-corrected chi connectivity index (χ0v) is 19.7. The van der Waals surface area contributed by atoms with Gasteiger partial charge in [-0.25, -0.2) is 8.42 Å². The van der Waals surface area contributed by atoms with Crippen LogP contribution in [0.3, 0.4) is 0 Å². The third-order valence-corrected chi connectivity index (χ3v) is 6.94. The van der Waals surface area contributed by atoms with Crippen LogP contribution in [-0.4, -0.2) is 23.6 Å². The van der Waals surface area contributed by atoms with Crippen molar-refractivity contribution < 1.29 is 42.8 Å². The van der Waals surface area contributed by atoms with E-state index in [9.17, 15) is 13.2 Å². The molecule has 0 atom stereocenters. The second-order valence-electron chi connectivity index (χ2n) is 7.63. The van der Waals surface area contributed by atoms with Gasteiger partial charge in [0.05, 0.1) is 11.7 Å². The average molecular weight is 432 g/mol. The van der Waals surface area contributed by atoms with E-state index in [1.165, 1.54) is 17.3 Å². The Morgan fingerprint density at radius 2 is 1.67 bits per heavy atom. The van der Waals surface area contributed by atoms with Gasteiger partial charge in [-0.15, -0.1) is 0 Å². The van der Waals surface area contributed by atoms with E-state index in [0.717, 1.165) is 65.8 Å². The Kier molecular flexibility index (Phi) is 5.94. The van der Waals surface area contributed by atoms with Crippen molar-refractivity contribution in [3.05, 3.63) is 63.5 Å². The first-order valence-electron chi connectivity index (χ1n) is 9.92. The van der Waals surface area contributed by atoms with Crippen molar-refractivity contribution in [2.24, 2.45) is 0 Å². The molecule has 1 N–H and O–H groups in total. The molecule has 5 rings (SSSR count). The van der Waals surface area contributed by atoms with E-state index in [0.29, 0.717) is 10.9 Å². The van der Waals surface area contributed by atoms with E-state index in [2.05, 4.69) is 21.2 Å². The summed E-state index contributed by atoms with van der Waals surface area (Å²) >= 11 is 0. The minimum atomic E-state index is -4.28. The van der Waals surface area contributed by atoms with Gasteiger partial charge in [0.1, 0.15) is 0 Å². The maximum atomic E-state index is 12.7. The number of anilines is 1. The third-order valence-electron chi connectivity index (χ3n) is 5.82. The number of hydrogen-bond acceptors (Lipinski definition) is 4. The number of para-hydroxylation sites is 1. The molecule has 0 aliphatic heterocycles. The fourth-order valence-corrected chi connectivity index (χ4v) is 5.45. The summed E-state index contributed by atoms with van der Waals surface area (Å²) in [6.07, 6.45) is 8.51. The molecule has 0 spiro atoms. The predicted molar refractivity (Wildman–Crippen MR) is 112 cm³/mol. The number of rotatable bonds is 3. The molecule has 0 saturated carbocycles. The molecule has 2 aromatic carbocycles. The average Bonchev–Trinajstić information content (AvgIpc) is 3.34. The summed E-state index contributed by atoms with van der Waals surface area (Å²) in [5, 5.41) is 7.39. The monoisotopic (exact) mass is 432 g/mol. The summed E-state index contributed by atoms with van der Waals surface area (Å²) in [6.45, 7) is 0. The second kappa shape index (κ2) is 8.34. The summed E-state index contributed by atoms with van der Waals surface area (Å²) in [4.78, 5) is 12.6. The molecule has 3 aromatic rings. The molecule has 1 aromatic heterocycles. The zero-order valence-electron chi connectivity index (χ0n) is 16.9. The summed E-state index contributed by atoms with van der Waals surface area (Å²) in [5.41, 5.74) is 5.99. The van der Waals surface area contributed by atoms with Gasteiger partial charge in [-0.1, -0.05) is 24.3 Å². The SMILES string of the molecule is O=C([N-]S(=O)(=O)n1ncc2ccccc21)Nc1c2c(cc3c1CCC3)CCCC2.[Na+]. The van der Waals surface area contributed by atoms with Crippen LogP contribution in [0.5, 0.6) is 0 Å². The number of aryl methyl sites for hydroxylation is 2. The molecule has 150 valence electrons. The Bertz CT molecular complexity index is 1240. The molecule has 0 fully saturated rings. The Morgan fingerprint density at radius 3 is 2.47 bits per heavy atom. The van der Waals surface area contributed by atoms with Crippen LogP contribution < -0.4 is 34.9 Å². The largest absolute Gasteiger partial charge is 1.00 e. The van der Waals surface area contributed by atoms with Crippen LogP contribution in [-0.2, 0) is 35.9 Å². The predicted octanol–water partition coefficient (Wildman–Crippen LogP) is 1.11. The molecule has 7 nitrogen and oxygen atoms in total.